The molecule has 1 aromatic carbocycles. The molecule has 6 nitrogen and oxygen atoms in total. The molecule has 0 saturated carbocycles. The first-order valence-electron chi connectivity index (χ1n) is 8.00. The first-order chi connectivity index (χ1) is 12.4. The number of ether oxygens (including phenoxy) is 1. The summed E-state index contributed by atoms with van der Waals surface area (Å²) in [5.74, 6) is 0.135. The predicted molar refractivity (Wildman–Crippen MR) is 87.5 cm³/mol. The maximum Gasteiger partial charge on any atom is 0.416 e. The van der Waals surface area contributed by atoms with Crippen LogP contribution in [0, 0.1) is 0 Å². The Morgan fingerprint density at radius 3 is 2.88 bits per heavy atom. The molecule has 9 heteroatoms. The van der Waals surface area contributed by atoms with Crippen LogP contribution in [0.5, 0.6) is 0 Å². The van der Waals surface area contributed by atoms with Gasteiger partial charge in [-0.2, -0.15) is 13.2 Å². The number of benzene rings is 1. The normalized spacial score (nSPS) is 14.8. The van der Waals surface area contributed by atoms with E-state index >= 15 is 0 Å². The quantitative estimate of drug-likeness (QED) is 0.776. The summed E-state index contributed by atoms with van der Waals surface area (Å²) >= 11 is 0. The highest BCUT2D eigenvalue weighted by Gasteiger charge is 2.32. The SMILES string of the molecule is CCOC(=O)CN1Cc2cncnc2N(c2cccc(C(F)(F)F)c2)C1. The maximum absolute atomic E-state index is 13.0. The number of rotatable bonds is 4. The van der Waals surface area contributed by atoms with Crippen molar-refractivity contribution in [2.24, 2.45) is 0 Å². The maximum atomic E-state index is 13.0. The Bertz CT molecular complexity index is 798. The molecule has 0 spiro atoms. The number of hydrogen-bond donors (Lipinski definition) is 0. The van der Waals surface area contributed by atoms with Crippen LogP contribution in [-0.4, -0.2) is 40.7 Å². The fourth-order valence-electron chi connectivity index (χ4n) is 2.81. The zero-order valence-corrected chi connectivity index (χ0v) is 14.0. The molecule has 0 unspecified atom stereocenters. The predicted octanol–water partition coefficient (Wildman–Crippen LogP) is 2.97. The van der Waals surface area contributed by atoms with Crippen molar-refractivity contribution in [2.75, 3.05) is 24.7 Å². The Morgan fingerprint density at radius 2 is 2.15 bits per heavy atom. The summed E-state index contributed by atoms with van der Waals surface area (Å²) in [6.07, 6.45) is -1.49. The number of halogens is 3. The Morgan fingerprint density at radius 1 is 1.35 bits per heavy atom. The molecule has 2 heterocycles. The minimum absolute atomic E-state index is 0.0254. The number of anilines is 2. The molecule has 1 aliphatic rings. The summed E-state index contributed by atoms with van der Waals surface area (Å²) in [6.45, 7) is 2.63. The molecule has 0 bridgehead atoms. The zero-order valence-electron chi connectivity index (χ0n) is 14.0. The van der Waals surface area contributed by atoms with Gasteiger partial charge in [-0.25, -0.2) is 9.97 Å². The summed E-state index contributed by atoms with van der Waals surface area (Å²) in [7, 11) is 0. The number of esters is 1. The highest BCUT2D eigenvalue weighted by molar-refractivity contribution is 5.72. The molecule has 2 aromatic rings. The third kappa shape index (κ3) is 3.93. The van der Waals surface area contributed by atoms with Crippen LogP contribution in [0.15, 0.2) is 36.8 Å². The number of aromatic nitrogens is 2. The van der Waals surface area contributed by atoms with Crippen molar-refractivity contribution in [3.05, 3.63) is 47.9 Å². The van der Waals surface area contributed by atoms with Gasteiger partial charge in [-0.1, -0.05) is 6.07 Å². The van der Waals surface area contributed by atoms with Crippen molar-refractivity contribution in [1.29, 1.82) is 0 Å². The summed E-state index contributed by atoms with van der Waals surface area (Å²) in [5.41, 5.74) is 0.321. The van der Waals surface area contributed by atoms with Crippen molar-refractivity contribution in [1.82, 2.24) is 14.9 Å². The molecule has 1 aromatic heterocycles. The molecule has 138 valence electrons. The first-order valence-corrected chi connectivity index (χ1v) is 8.00. The van der Waals surface area contributed by atoms with Crippen molar-refractivity contribution >= 4 is 17.5 Å². The standard InChI is InChI=1S/C17H17F3N4O2/c1-2-26-15(25)9-23-8-12-7-21-10-22-16(12)24(11-23)14-5-3-4-13(6-14)17(18,19)20/h3-7,10H,2,8-9,11H2,1H3. The van der Waals surface area contributed by atoms with Gasteiger partial charge in [0.05, 0.1) is 25.4 Å². The second-order valence-electron chi connectivity index (χ2n) is 5.78. The fourth-order valence-corrected chi connectivity index (χ4v) is 2.81. The molecule has 0 atom stereocenters. The van der Waals surface area contributed by atoms with Gasteiger partial charge < -0.3 is 9.64 Å². The van der Waals surface area contributed by atoms with Gasteiger partial charge in [0.15, 0.2) is 0 Å². The molecule has 3 rings (SSSR count). The van der Waals surface area contributed by atoms with E-state index in [-0.39, 0.29) is 19.8 Å². The van der Waals surface area contributed by atoms with Crippen molar-refractivity contribution in [2.45, 2.75) is 19.6 Å². The molecule has 0 amide bonds. The van der Waals surface area contributed by atoms with E-state index in [0.29, 0.717) is 18.1 Å². The van der Waals surface area contributed by atoms with Crippen molar-refractivity contribution in [3.63, 3.8) is 0 Å². The van der Waals surface area contributed by atoms with Gasteiger partial charge in [0.2, 0.25) is 0 Å². The number of carbonyl (C=O) groups excluding carboxylic acids is 1. The fraction of sp³-hybridized carbons (Fsp3) is 0.353. The van der Waals surface area contributed by atoms with Crippen LogP contribution >= 0.6 is 0 Å². The Hall–Kier alpha value is -2.68. The lowest BCUT2D eigenvalue weighted by atomic mass is 10.1. The molecular formula is C17H17F3N4O2. The molecule has 0 saturated heterocycles. The van der Waals surface area contributed by atoms with Crippen LogP contribution < -0.4 is 4.90 Å². The summed E-state index contributed by atoms with van der Waals surface area (Å²) in [4.78, 5) is 23.4. The molecule has 1 aliphatic heterocycles. The van der Waals surface area contributed by atoms with Gasteiger partial charge in [0, 0.05) is 24.0 Å². The van der Waals surface area contributed by atoms with Crippen LogP contribution in [0.25, 0.3) is 0 Å². The molecule has 0 fully saturated rings. The highest BCUT2D eigenvalue weighted by Crippen LogP contribution is 2.35. The van der Waals surface area contributed by atoms with Gasteiger partial charge in [-0.15, -0.1) is 0 Å². The topological polar surface area (TPSA) is 58.6 Å². The van der Waals surface area contributed by atoms with Gasteiger partial charge in [0.1, 0.15) is 12.1 Å². The lowest BCUT2D eigenvalue weighted by Crippen LogP contribution is -2.43. The van der Waals surface area contributed by atoms with Crippen LogP contribution in [0.3, 0.4) is 0 Å². The van der Waals surface area contributed by atoms with E-state index in [4.69, 9.17) is 4.74 Å². The van der Waals surface area contributed by atoms with E-state index in [1.165, 1.54) is 12.4 Å². The minimum Gasteiger partial charge on any atom is -0.465 e. The first kappa shape index (κ1) is 18.1. The number of fused-ring (bicyclic) bond motifs is 1. The number of carbonyl (C=O) groups is 1. The second kappa shape index (κ2) is 7.28. The molecular weight excluding hydrogens is 349 g/mol. The molecule has 0 radical (unpaired) electrons. The second-order valence-corrected chi connectivity index (χ2v) is 5.78. The highest BCUT2D eigenvalue weighted by atomic mass is 19.4. The van der Waals surface area contributed by atoms with Crippen LogP contribution in [0.2, 0.25) is 0 Å². The van der Waals surface area contributed by atoms with E-state index in [0.717, 1.165) is 17.7 Å². The van der Waals surface area contributed by atoms with E-state index in [1.54, 1.807) is 29.0 Å². The number of alkyl halides is 3. The average Bonchev–Trinajstić information content (AvgIpc) is 2.60. The molecule has 0 aliphatic carbocycles. The van der Waals surface area contributed by atoms with Crippen LogP contribution in [-0.2, 0) is 22.3 Å². The van der Waals surface area contributed by atoms with Gasteiger partial charge in [0.25, 0.3) is 0 Å². The monoisotopic (exact) mass is 366 g/mol. The van der Waals surface area contributed by atoms with E-state index in [2.05, 4.69) is 9.97 Å². The number of hydrogen-bond acceptors (Lipinski definition) is 6. The lowest BCUT2D eigenvalue weighted by molar-refractivity contribution is -0.144. The summed E-state index contributed by atoms with van der Waals surface area (Å²) < 4.78 is 44.1. The molecule has 26 heavy (non-hydrogen) atoms. The average molecular weight is 366 g/mol. The van der Waals surface area contributed by atoms with Crippen LogP contribution in [0.4, 0.5) is 24.7 Å². The largest absolute Gasteiger partial charge is 0.465 e. The van der Waals surface area contributed by atoms with E-state index < -0.39 is 17.7 Å². The Kier molecular flexibility index (Phi) is 5.08. The van der Waals surface area contributed by atoms with Gasteiger partial charge in [-0.05, 0) is 25.1 Å². The van der Waals surface area contributed by atoms with Gasteiger partial charge in [-0.3, -0.25) is 9.69 Å². The minimum atomic E-state index is -4.44. The Balaban J connectivity index is 1.93. The van der Waals surface area contributed by atoms with E-state index in [9.17, 15) is 18.0 Å². The third-order valence-corrected chi connectivity index (χ3v) is 3.90. The lowest BCUT2D eigenvalue weighted by Gasteiger charge is -2.36. The van der Waals surface area contributed by atoms with E-state index in [1.807, 2.05) is 0 Å². The van der Waals surface area contributed by atoms with Gasteiger partial charge >= 0.3 is 12.1 Å². The molecule has 0 N–H and O–H groups in total. The van der Waals surface area contributed by atoms with Crippen LogP contribution in [0.1, 0.15) is 18.1 Å². The summed E-state index contributed by atoms with van der Waals surface area (Å²) in [5, 5.41) is 0. The summed E-state index contributed by atoms with van der Waals surface area (Å²) in [6, 6.07) is 5.02. The smallest absolute Gasteiger partial charge is 0.416 e. The van der Waals surface area contributed by atoms with Crippen molar-refractivity contribution < 1.29 is 22.7 Å². The Labute approximate surface area is 148 Å². The van der Waals surface area contributed by atoms with Crippen molar-refractivity contribution in [3.8, 4) is 0 Å². The zero-order chi connectivity index (χ0) is 18.7. The number of nitrogens with zero attached hydrogens (tertiary/aromatic N) is 4. The third-order valence-electron chi connectivity index (χ3n) is 3.90.